The number of carboxylic acids is 1. The van der Waals surface area contributed by atoms with Crippen molar-refractivity contribution in [3.05, 3.63) is 35.9 Å². The number of aliphatic carboxylic acids is 1. The van der Waals surface area contributed by atoms with E-state index in [1.807, 2.05) is 37.3 Å². The van der Waals surface area contributed by atoms with Crippen molar-refractivity contribution in [3.63, 3.8) is 0 Å². The zero-order chi connectivity index (χ0) is 15.9. The molecule has 0 aromatic heterocycles. The second-order valence-electron chi connectivity index (χ2n) is 5.80. The highest BCUT2D eigenvalue weighted by Crippen LogP contribution is 2.29. The third-order valence-corrected chi connectivity index (χ3v) is 4.32. The van der Waals surface area contributed by atoms with Gasteiger partial charge in [-0.3, -0.25) is 4.79 Å². The predicted molar refractivity (Wildman–Crippen MR) is 82.3 cm³/mol. The SMILES string of the molecule is CC[C@H]1CN(C(=O)OCc2ccccc2)CC[C@H]1CC(=O)O. The van der Waals surface area contributed by atoms with Crippen LogP contribution in [-0.4, -0.2) is 35.2 Å². The number of piperidine rings is 1. The van der Waals surface area contributed by atoms with E-state index in [0.717, 1.165) is 18.4 Å². The van der Waals surface area contributed by atoms with E-state index in [1.54, 1.807) is 4.90 Å². The van der Waals surface area contributed by atoms with Gasteiger partial charge in [0.2, 0.25) is 0 Å². The molecule has 0 spiro atoms. The van der Waals surface area contributed by atoms with Crippen molar-refractivity contribution in [1.29, 1.82) is 0 Å². The first-order chi connectivity index (χ1) is 10.6. The van der Waals surface area contributed by atoms with Crippen LogP contribution in [0.3, 0.4) is 0 Å². The molecular formula is C17H23NO4. The number of amides is 1. The Kier molecular flexibility index (Phi) is 5.81. The molecule has 5 nitrogen and oxygen atoms in total. The van der Waals surface area contributed by atoms with Crippen molar-refractivity contribution < 1.29 is 19.4 Å². The second-order valence-corrected chi connectivity index (χ2v) is 5.80. The summed E-state index contributed by atoms with van der Waals surface area (Å²) in [4.78, 5) is 24.8. The minimum Gasteiger partial charge on any atom is -0.481 e. The topological polar surface area (TPSA) is 66.8 Å². The summed E-state index contributed by atoms with van der Waals surface area (Å²) < 4.78 is 5.35. The van der Waals surface area contributed by atoms with Gasteiger partial charge in [-0.05, 0) is 23.8 Å². The number of carbonyl (C=O) groups is 2. The van der Waals surface area contributed by atoms with Crippen LogP contribution in [0, 0.1) is 11.8 Å². The molecule has 0 saturated carbocycles. The van der Waals surface area contributed by atoms with Crippen LogP contribution in [-0.2, 0) is 16.1 Å². The van der Waals surface area contributed by atoms with Gasteiger partial charge >= 0.3 is 12.1 Å². The molecule has 1 aliphatic rings. The number of benzene rings is 1. The molecule has 2 rings (SSSR count). The van der Waals surface area contributed by atoms with E-state index < -0.39 is 5.97 Å². The minimum atomic E-state index is -0.761. The molecule has 1 amide bonds. The molecule has 0 unspecified atom stereocenters. The Balaban J connectivity index is 1.85. The zero-order valence-electron chi connectivity index (χ0n) is 12.9. The fraction of sp³-hybridized carbons (Fsp3) is 0.529. The van der Waals surface area contributed by atoms with Crippen molar-refractivity contribution in [3.8, 4) is 0 Å². The Hall–Kier alpha value is -2.04. The summed E-state index contributed by atoms with van der Waals surface area (Å²) in [7, 11) is 0. The summed E-state index contributed by atoms with van der Waals surface area (Å²) in [6.45, 7) is 3.47. The molecule has 1 aliphatic heterocycles. The fourth-order valence-corrected chi connectivity index (χ4v) is 3.01. The normalized spacial score (nSPS) is 21.4. The summed E-state index contributed by atoms with van der Waals surface area (Å²) in [6, 6.07) is 9.58. The Bertz CT molecular complexity index is 503. The molecule has 1 fully saturated rings. The molecule has 2 atom stereocenters. The Morgan fingerprint density at radius 3 is 2.64 bits per heavy atom. The van der Waals surface area contributed by atoms with Crippen molar-refractivity contribution in [2.24, 2.45) is 11.8 Å². The van der Waals surface area contributed by atoms with Gasteiger partial charge < -0.3 is 14.7 Å². The summed E-state index contributed by atoms with van der Waals surface area (Å²) in [6.07, 6.45) is 1.48. The Morgan fingerprint density at radius 1 is 1.27 bits per heavy atom. The molecular weight excluding hydrogens is 282 g/mol. The number of nitrogens with zero attached hydrogens (tertiary/aromatic N) is 1. The maximum Gasteiger partial charge on any atom is 0.410 e. The Morgan fingerprint density at radius 2 is 2.00 bits per heavy atom. The molecule has 0 bridgehead atoms. The standard InChI is InChI=1S/C17H23NO4/c1-2-14-11-18(9-8-15(14)10-16(19)20)17(21)22-12-13-6-4-3-5-7-13/h3-7,14-15H,2,8-12H2,1H3,(H,19,20)/t14-,15-/m0/s1. The maximum atomic E-state index is 12.1. The molecule has 0 radical (unpaired) electrons. The first kappa shape index (κ1) is 16.3. The fourth-order valence-electron chi connectivity index (χ4n) is 3.01. The monoisotopic (exact) mass is 305 g/mol. The molecule has 120 valence electrons. The molecule has 22 heavy (non-hydrogen) atoms. The second kappa shape index (κ2) is 7.82. The van der Waals surface area contributed by atoms with Crippen LogP contribution < -0.4 is 0 Å². The molecule has 5 heteroatoms. The lowest BCUT2D eigenvalue weighted by atomic mass is 9.82. The molecule has 1 aromatic carbocycles. The van der Waals surface area contributed by atoms with Crippen LogP contribution >= 0.6 is 0 Å². The smallest absolute Gasteiger partial charge is 0.410 e. The number of likely N-dealkylation sites (tertiary alicyclic amines) is 1. The molecule has 1 heterocycles. The number of ether oxygens (including phenoxy) is 1. The van der Waals surface area contributed by atoms with Gasteiger partial charge in [0.1, 0.15) is 6.61 Å². The first-order valence-corrected chi connectivity index (χ1v) is 7.77. The molecule has 1 saturated heterocycles. The van der Waals surface area contributed by atoms with Crippen molar-refractivity contribution in [1.82, 2.24) is 4.90 Å². The number of carbonyl (C=O) groups excluding carboxylic acids is 1. The summed E-state index contributed by atoms with van der Waals surface area (Å²) >= 11 is 0. The van der Waals surface area contributed by atoms with Crippen LogP contribution in [0.4, 0.5) is 4.79 Å². The van der Waals surface area contributed by atoms with Crippen LogP contribution in [0.2, 0.25) is 0 Å². The van der Waals surface area contributed by atoms with Crippen LogP contribution in [0.5, 0.6) is 0 Å². The minimum absolute atomic E-state index is 0.153. The average Bonchev–Trinajstić information content (AvgIpc) is 2.53. The number of carboxylic acid groups (broad SMARTS) is 1. The van der Waals surface area contributed by atoms with E-state index in [4.69, 9.17) is 9.84 Å². The number of hydrogen-bond donors (Lipinski definition) is 1. The van der Waals surface area contributed by atoms with Gasteiger partial charge in [-0.1, -0.05) is 43.7 Å². The highest BCUT2D eigenvalue weighted by molar-refractivity contribution is 5.68. The average molecular weight is 305 g/mol. The Labute approximate surface area is 130 Å². The van der Waals surface area contributed by atoms with Gasteiger partial charge in [0.25, 0.3) is 0 Å². The van der Waals surface area contributed by atoms with Gasteiger partial charge in [0, 0.05) is 19.5 Å². The van der Waals surface area contributed by atoms with E-state index >= 15 is 0 Å². The van der Waals surface area contributed by atoms with Crippen molar-refractivity contribution in [2.75, 3.05) is 13.1 Å². The molecule has 0 aliphatic carbocycles. The van der Waals surface area contributed by atoms with E-state index in [-0.39, 0.29) is 31.0 Å². The van der Waals surface area contributed by atoms with Gasteiger partial charge in [-0.15, -0.1) is 0 Å². The summed E-state index contributed by atoms with van der Waals surface area (Å²) in [5.41, 5.74) is 0.962. The third kappa shape index (κ3) is 4.48. The van der Waals surface area contributed by atoms with Crippen molar-refractivity contribution >= 4 is 12.1 Å². The third-order valence-electron chi connectivity index (χ3n) is 4.32. The number of rotatable bonds is 5. The maximum absolute atomic E-state index is 12.1. The lowest BCUT2D eigenvalue weighted by molar-refractivity contribution is -0.139. The summed E-state index contributed by atoms with van der Waals surface area (Å²) in [5, 5.41) is 8.96. The van der Waals surface area contributed by atoms with Gasteiger partial charge in [0.05, 0.1) is 0 Å². The van der Waals surface area contributed by atoms with E-state index in [0.29, 0.717) is 13.1 Å². The predicted octanol–water partition coefficient (Wildman–Crippen LogP) is 3.15. The summed E-state index contributed by atoms with van der Waals surface area (Å²) in [5.74, 6) is -0.377. The largest absolute Gasteiger partial charge is 0.481 e. The van der Waals surface area contributed by atoms with E-state index in [9.17, 15) is 9.59 Å². The van der Waals surface area contributed by atoms with Crippen LogP contribution in [0.15, 0.2) is 30.3 Å². The lowest BCUT2D eigenvalue weighted by Gasteiger charge is -2.37. The van der Waals surface area contributed by atoms with Gasteiger partial charge in [0.15, 0.2) is 0 Å². The van der Waals surface area contributed by atoms with Crippen LogP contribution in [0.1, 0.15) is 31.7 Å². The quantitative estimate of drug-likeness (QED) is 0.907. The van der Waals surface area contributed by atoms with Gasteiger partial charge in [-0.2, -0.15) is 0 Å². The molecule has 1 aromatic rings. The highest BCUT2D eigenvalue weighted by Gasteiger charge is 2.32. The van der Waals surface area contributed by atoms with Crippen LogP contribution in [0.25, 0.3) is 0 Å². The van der Waals surface area contributed by atoms with E-state index in [2.05, 4.69) is 0 Å². The first-order valence-electron chi connectivity index (χ1n) is 7.77. The lowest BCUT2D eigenvalue weighted by Crippen LogP contribution is -2.44. The number of hydrogen-bond acceptors (Lipinski definition) is 3. The van der Waals surface area contributed by atoms with E-state index in [1.165, 1.54) is 0 Å². The highest BCUT2D eigenvalue weighted by atomic mass is 16.6. The van der Waals surface area contributed by atoms with Gasteiger partial charge in [-0.25, -0.2) is 4.79 Å². The van der Waals surface area contributed by atoms with Crippen molar-refractivity contribution in [2.45, 2.75) is 32.8 Å². The molecule has 1 N–H and O–H groups in total. The zero-order valence-corrected chi connectivity index (χ0v) is 12.9.